The van der Waals surface area contributed by atoms with Gasteiger partial charge < -0.3 is 4.57 Å². The van der Waals surface area contributed by atoms with Gasteiger partial charge in [0.1, 0.15) is 0 Å². The minimum atomic E-state index is 0.794. The normalized spacial score (nSPS) is 13.2. The van der Waals surface area contributed by atoms with Gasteiger partial charge in [-0.05, 0) is 35.4 Å². The van der Waals surface area contributed by atoms with E-state index in [9.17, 15) is 0 Å². The quantitative estimate of drug-likeness (QED) is 0.721. The average molecular weight is 215 g/mol. The molecular formula is C15H21N. The molecule has 0 saturated heterocycles. The van der Waals surface area contributed by atoms with Crippen molar-refractivity contribution in [2.45, 2.75) is 33.1 Å². The van der Waals surface area contributed by atoms with Crippen LogP contribution in [0.25, 0.3) is 10.9 Å². The lowest BCUT2D eigenvalue weighted by Crippen LogP contribution is -1.99. The molecule has 1 aromatic heterocycles. The molecule has 0 aliphatic carbocycles. The molecule has 1 heteroatoms. The van der Waals surface area contributed by atoms with Gasteiger partial charge in [-0.2, -0.15) is 0 Å². The fourth-order valence-corrected chi connectivity index (χ4v) is 2.43. The third-order valence-electron chi connectivity index (χ3n) is 3.32. The van der Waals surface area contributed by atoms with Gasteiger partial charge in [0, 0.05) is 18.8 Å². The summed E-state index contributed by atoms with van der Waals surface area (Å²) >= 11 is 0. The number of hydrogen-bond acceptors (Lipinski definition) is 0. The Morgan fingerprint density at radius 1 is 1.25 bits per heavy atom. The van der Waals surface area contributed by atoms with E-state index in [2.05, 4.69) is 55.9 Å². The van der Waals surface area contributed by atoms with Crippen LogP contribution in [0.3, 0.4) is 0 Å². The molecule has 0 amide bonds. The highest BCUT2D eigenvalue weighted by Crippen LogP contribution is 2.20. The Balaban J connectivity index is 2.21. The summed E-state index contributed by atoms with van der Waals surface area (Å²) in [4.78, 5) is 0. The van der Waals surface area contributed by atoms with Crippen LogP contribution in [0.1, 0.15) is 32.3 Å². The number of aryl methyl sites for hydroxylation is 1. The molecule has 16 heavy (non-hydrogen) atoms. The molecule has 2 aromatic rings. The van der Waals surface area contributed by atoms with Gasteiger partial charge in [0.25, 0.3) is 0 Å². The van der Waals surface area contributed by atoms with Crippen molar-refractivity contribution in [3.63, 3.8) is 0 Å². The van der Waals surface area contributed by atoms with E-state index in [1.807, 2.05) is 0 Å². The van der Waals surface area contributed by atoms with E-state index in [0.29, 0.717) is 0 Å². The summed E-state index contributed by atoms with van der Waals surface area (Å²) in [6.45, 7) is 4.61. The summed E-state index contributed by atoms with van der Waals surface area (Å²) < 4.78 is 2.20. The average Bonchev–Trinajstić information content (AvgIpc) is 2.61. The lowest BCUT2D eigenvalue weighted by Gasteiger charge is -2.10. The van der Waals surface area contributed by atoms with E-state index < -0.39 is 0 Å². The summed E-state index contributed by atoms with van der Waals surface area (Å²) in [7, 11) is 2.11. The smallest absolute Gasteiger partial charge is 0.0480 e. The predicted octanol–water partition coefficient (Wildman–Crippen LogP) is 4.16. The molecule has 1 aromatic carbocycles. The molecule has 0 spiro atoms. The number of aromatic nitrogens is 1. The molecule has 0 aliphatic heterocycles. The third-order valence-corrected chi connectivity index (χ3v) is 3.32. The fraction of sp³-hybridized carbons (Fsp3) is 0.467. The maximum atomic E-state index is 2.35. The van der Waals surface area contributed by atoms with Crippen LogP contribution in [-0.2, 0) is 13.5 Å². The zero-order valence-corrected chi connectivity index (χ0v) is 10.5. The van der Waals surface area contributed by atoms with E-state index in [0.717, 1.165) is 5.92 Å². The Morgan fingerprint density at radius 2 is 2.06 bits per heavy atom. The molecule has 1 heterocycles. The highest BCUT2D eigenvalue weighted by atomic mass is 14.9. The van der Waals surface area contributed by atoms with Crippen molar-refractivity contribution in [2.24, 2.45) is 13.0 Å². The Hall–Kier alpha value is -1.24. The highest BCUT2D eigenvalue weighted by Gasteiger charge is 2.04. The zero-order valence-electron chi connectivity index (χ0n) is 10.5. The second-order valence-corrected chi connectivity index (χ2v) is 4.92. The molecule has 86 valence electrons. The van der Waals surface area contributed by atoms with Crippen molar-refractivity contribution in [3.8, 4) is 0 Å². The fourth-order valence-electron chi connectivity index (χ4n) is 2.43. The van der Waals surface area contributed by atoms with Crippen molar-refractivity contribution in [1.29, 1.82) is 0 Å². The van der Waals surface area contributed by atoms with Crippen molar-refractivity contribution in [2.75, 3.05) is 0 Å². The van der Waals surface area contributed by atoms with Gasteiger partial charge in [-0.25, -0.2) is 0 Å². The van der Waals surface area contributed by atoms with Crippen LogP contribution in [-0.4, -0.2) is 4.57 Å². The van der Waals surface area contributed by atoms with Crippen LogP contribution >= 0.6 is 0 Å². The van der Waals surface area contributed by atoms with Gasteiger partial charge in [-0.15, -0.1) is 0 Å². The van der Waals surface area contributed by atoms with E-state index >= 15 is 0 Å². The number of rotatable bonds is 4. The van der Waals surface area contributed by atoms with Crippen LogP contribution in [0.5, 0.6) is 0 Å². The molecule has 0 bridgehead atoms. The minimum Gasteiger partial charge on any atom is -0.351 e. The Bertz CT molecular complexity index is 467. The summed E-state index contributed by atoms with van der Waals surface area (Å²) in [5.41, 5.74) is 2.82. The molecule has 1 nitrogen and oxygen atoms in total. The Morgan fingerprint density at radius 3 is 2.81 bits per heavy atom. The SMILES string of the molecule is CCCC(C)Cc1ccc2ccn(C)c2c1. The van der Waals surface area contributed by atoms with Crippen molar-refractivity contribution >= 4 is 10.9 Å². The van der Waals surface area contributed by atoms with Gasteiger partial charge >= 0.3 is 0 Å². The standard InChI is InChI=1S/C15H21N/c1-4-5-12(2)10-13-6-7-14-8-9-16(3)15(14)11-13/h6-9,11-12H,4-5,10H2,1-3H3. The molecule has 1 unspecified atom stereocenters. The Labute approximate surface area is 98.1 Å². The first-order chi connectivity index (χ1) is 7.70. The molecule has 0 fully saturated rings. The molecule has 2 rings (SSSR count). The molecule has 0 N–H and O–H groups in total. The third kappa shape index (κ3) is 2.29. The lowest BCUT2D eigenvalue weighted by molar-refractivity contribution is 0.523. The molecular weight excluding hydrogens is 194 g/mol. The van der Waals surface area contributed by atoms with Crippen LogP contribution in [0, 0.1) is 5.92 Å². The topological polar surface area (TPSA) is 4.93 Å². The predicted molar refractivity (Wildman–Crippen MR) is 70.7 cm³/mol. The summed E-state index contributed by atoms with van der Waals surface area (Å²) in [5, 5.41) is 1.34. The summed E-state index contributed by atoms with van der Waals surface area (Å²) in [5.74, 6) is 0.794. The van der Waals surface area contributed by atoms with Crippen molar-refractivity contribution in [1.82, 2.24) is 4.57 Å². The minimum absolute atomic E-state index is 0.794. The molecule has 0 aliphatic rings. The van der Waals surface area contributed by atoms with E-state index in [-0.39, 0.29) is 0 Å². The van der Waals surface area contributed by atoms with Gasteiger partial charge in [0.2, 0.25) is 0 Å². The number of nitrogens with zero attached hydrogens (tertiary/aromatic N) is 1. The Kier molecular flexibility index (Phi) is 3.33. The monoisotopic (exact) mass is 215 g/mol. The highest BCUT2D eigenvalue weighted by molar-refractivity contribution is 5.80. The second-order valence-electron chi connectivity index (χ2n) is 4.92. The summed E-state index contributed by atoms with van der Waals surface area (Å²) in [6, 6.07) is 9.02. The van der Waals surface area contributed by atoms with E-state index in [4.69, 9.17) is 0 Å². The first-order valence-electron chi connectivity index (χ1n) is 6.24. The van der Waals surface area contributed by atoms with Gasteiger partial charge in [0.05, 0.1) is 0 Å². The molecule has 0 saturated carbocycles. The maximum Gasteiger partial charge on any atom is 0.0480 e. The lowest BCUT2D eigenvalue weighted by atomic mass is 9.96. The number of hydrogen-bond donors (Lipinski definition) is 0. The van der Waals surface area contributed by atoms with E-state index in [1.165, 1.54) is 35.7 Å². The zero-order chi connectivity index (χ0) is 11.5. The van der Waals surface area contributed by atoms with E-state index in [1.54, 1.807) is 0 Å². The van der Waals surface area contributed by atoms with Crippen LogP contribution in [0.15, 0.2) is 30.5 Å². The number of benzene rings is 1. The summed E-state index contributed by atoms with van der Waals surface area (Å²) in [6.07, 6.45) is 5.94. The van der Waals surface area contributed by atoms with Gasteiger partial charge in [0.15, 0.2) is 0 Å². The first-order valence-corrected chi connectivity index (χ1v) is 6.24. The van der Waals surface area contributed by atoms with Gasteiger partial charge in [-0.1, -0.05) is 38.8 Å². The second kappa shape index (κ2) is 4.73. The largest absolute Gasteiger partial charge is 0.351 e. The van der Waals surface area contributed by atoms with Crippen LogP contribution in [0.2, 0.25) is 0 Å². The van der Waals surface area contributed by atoms with Crippen molar-refractivity contribution in [3.05, 3.63) is 36.0 Å². The van der Waals surface area contributed by atoms with Gasteiger partial charge in [-0.3, -0.25) is 0 Å². The maximum absolute atomic E-state index is 2.35. The first kappa shape index (κ1) is 11.3. The van der Waals surface area contributed by atoms with Crippen molar-refractivity contribution < 1.29 is 0 Å². The number of fused-ring (bicyclic) bond motifs is 1. The van der Waals surface area contributed by atoms with Crippen LogP contribution < -0.4 is 0 Å². The molecule has 1 atom stereocenters. The van der Waals surface area contributed by atoms with Crippen LogP contribution in [0.4, 0.5) is 0 Å². The molecule has 0 radical (unpaired) electrons.